The summed E-state index contributed by atoms with van der Waals surface area (Å²) in [7, 11) is 0. The Morgan fingerprint density at radius 3 is 2.88 bits per heavy atom. The molecule has 0 radical (unpaired) electrons. The Balaban J connectivity index is 2.06. The molecule has 0 amide bonds. The van der Waals surface area contributed by atoms with E-state index >= 15 is 0 Å². The largest absolute Gasteiger partial charge is 0.335 e. The molecule has 5 heteroatoms. The Morgan fingerprint density at radius 2 is 2.29 bits per heavy atom. The van der Waals surface area contributed by atoms with Gasteiger partial charge in [0, 0.05) is 11.4 Å². The molecule has 1 aromatic rings. The summed E-state index contributed by atoms with van der Waals surface area (Å²) in [4.78, 5) is 4.57. The van der Waals surface area contributed by atoms with E-state index in [-0.39, 0.29) is 5.82 Å². The number of rotatable bonds is 2. The van der Waals surface area contributed by atoms with Crippen LogP contribution >= 0.6 is 27.7 Å². The third kappa shape index (κ3) is 3.22. The number of hydrogen-bond donors (Lipinski definition) is 1. The average molecular weight is 317 g/mol. The summed E-state index contributed by atoms with van der Waals surface area (Å²) < 4.78 is 13.8. The molecule has 1 heterocycles. The van der Waals surface area contributed by atoms with Crippen molar-refractivity contribution in [1.82, 2.24) is 0 Å². The monoisotopic (exact) mass is 316 g/mol. The van der Waals surface area contributed by atoms with E-state index in [1.807, 2.05) is 6.07 Å². The summed E-state index contributed by atoms with van der Waals surface area (Å²) in [6.45, 7) is 4.33. The van der Waals surface area contributed by atoms with Crippen LogP contribution in [0.5, 0.6) is 0 Å². The molecule has 1 aliphatic rings. The van der Waals surface area contributed by atoms with Gasteiger partial charge in [0.25, 0.3) is 0 Å². The molecule has 0 saturated heterocycles. The molecule has 1 N–H and O–H groups in total. The summed E-state index contributed by atoms with van der Waals surface area (Å²) in [5, 5.41) is 4.03. The molecular formula is C12H14BrFN2S. The molecule has 0 unspecified atom stereocenters. The third-order valence-corrected chi connectivity index (χ3v) is 4.25. The Labute approximate surface area is 113 Å². The number of aliphatic imine (C=N–C) groups is 1. The van der Waals surface area contributed by atoms with Crippen LogP contribution in [-0.2, 0) is 0 Å². The van der Waals surface area contributed by atoms with Gasteiger partial charge in [-0.25, -0.2) is 4.39 Å². The van der Waals surface area contributed by atoms with Crippen molar-refractivity contribution in [3.8, 4) is 0 Å². The predicted molar refractivity (Wildman–Crippen MR) is 76.2 cm³/mol. The molecule has 0 aliphatic carbocycles. The number of hydrogen-bond acceptors (Lipinski definition) is 3. The fourth-order valence-electron chi connectivity index (χ4n) is 1.50. The number of halogens is 2. The van der Waals surface area contributed by atoms with Crippen LogP contribution in [0.1, 0.15) is 13.8 Å². The first-order chi connectivity index (χ1) is 8.06. The van der Waals surface area contributed by atoms with Crippen LogP contribution in [-0.4, -0.2) is 17.0 Å². The minimum Gasteiger partial charge on any atom is -0.335 e. The molecule has 0 aromatic heterocycles. The van der Waals surface area contributed by atoms with Crippen LogP contribution in [0, 0.1) is 11.7 Å². The van der Waals surface area contributed by atoms with E-state index in [0.717, 1.165) is 16.6 Å². The molecular weight excluding hydrogens is 303 g/mol. The predicted octanol–water partition coefficient (Wildman–Crippen LogP) is 4.13. The second-order valence-corrected chi connectivity index (χ2v) is 6.17. The van der Waals surface area contributed by atoms with Crippen molar-refractivity contribution in [2.24, 2.45) is 10.9 Å². The van der Waals surface area contributed by atoms with E-state index in [0.29, 0.717) is 16.4 Å². The van der Waals surface area contributed by atoms with Gasteiger partial charge in [-0.3, -0.25) is 4.99 Å². The van der Waals surface area contributed by atoms with Crippen molar-refractivity contribution in [2.45, 2.75) is 19.9 Å². The number of nitrogens with zero attached hydrogens (tertiary/aromatic N) is 1. The fourth-order valence-corrected chi connectivity index (χ4v) is 2.93. The summed E-state index contributed by atoms with van der Waals surface area (Å²) in [6, 6.07) is 5.36. The number of thioether (sulfide) groups is 1. The highest BCUT2D eigenvalue weighted by molar-refractivity contribution is 9.10. The maximum atomic E-state index is 13.3. The maximum absolute atomic E-state index is 13.3. The third-order valence-electron chi connectivity index (χ3n) is 2.61. The fraction of sp³-hybridized carbons (Fsp3) is 0.417. The van der Waals surface area contributed by atoms with Crippen molar-refractivity contribution in [1.29, 1.82) is 0 Å². The highest BCUT2D eigenvalue weighted by atomic mass is 79.9. The van der Waals surface area contributed by atoms with E-state index < -0.39 is 0 Å². The van der Waals surface area contributed by atoms with E-state index in [1.54, 1.807) is 17.8 Å². The van der Waals surface area contributed by atoms with Gasteiger partial charge in [0.2, 0.25) is 0 Å². The highest BCUT2D eigenvalue weighted by Gasteiger charge is 2.21. The Hall–Kier alpha value is -0.550. The summed E-state index contributed by atoms with van der Waals surface area (Å²) in [6.07, 6.45) is 0. The Kier molecular flexibility index (Phi) is 4.09. The van der Waals surface area contributed by atoms with Gasteiger partial charge in [0.15, 0.2) is 5.17 Å². The molecule has 0 spiro atoms. The van der Waals surface area contributed by atoms with Crippen LogP contribution < -0.4 is 5.32 Å². The Bertz CT molecular complexity index is 448. The minimum atomic E-state index is -0.265. The first-order valence-electron chi connectivity index (χ1n) is 5.49. The molecule has 0 fully saturated rings. The van der Waals surface area contributed by atoms with Crippen LogP contribution in [0.15, 0.2) is 27.7 Å². The van der Waals surface area contributed by atoms with Crippen LogP contribution in [0.25, 0.3) is 0 Å². The first kappa shape index (κ1) is 12.9. The summed E-state index contributed by atoms with van der Waals surface area (Å²) in [5.41, 5.74) is 0.737. The molecule has 0 bridgehead atoms. The SMILES string of the molecule is CC(C)[C@H]1CSC(Nc2ccc(Br)c(F)c2)=N1. The van der Waals surface area contributed by atoms with E-state index in [2.05, 4.69) is 40.1 Å². The zero-order valence-corrected chi connectivity index (χ0v) is 12.1. The Morgan fingerprint density at radius 1 is 1.53 bits per heavy atom. The lowest BCUT2D eigenvalue weighted by molar-refractivity contribution is 0.543. The van der Waals surface area contributed by atoms with Gasteiger partial charge in [-0.05, 0) is 40.0 Å². The van der Waals surface area contributed by atoms with Gasteiger partial charge in [-0.15, -0.1) is 0 Å². The molecule has 0 saturated carbocycles. The number of anilines is 1. The van der Waals surface area contributed by atoms with Crippen LogP contribution in [0.4, 0.5) is 10.1 Å². The van der Waals surface area contributed by atoms with E-state index in [4.69, 9.17) is 0 Å². The zero-order chi connectivity index (χ0) is 12.4. The summed E-state index contributed by atoms with van der Waals surface area (Å²) >= 11 is 4.82. The highest BCUT2D eigenvalue weighted by Crippen LogP contribution is 2.25. The maximum Gasteiger partial charge on any atom is 0.161 e. The van der Waals surface area contributed by atoms with Gasteiger partial charge in [0.1, 0.15) is 5.82 Å². The minimum absolute atomic E-state index is 0.265. The normalized spacial score (nSPS) is 19.6. The molecule has 1 atom stereocenters. The van der Waals surface area contributed by atoms with Crippen LogP contribution in [0.2, 0.25) is 0 Å². The molecule has 2 rings (SSSR count). The molecule has 2 nitrogen and oxygen atoms in total. The average Bonchev–Trinajstić information content (AvgIpc) is 2.72. The topological polar surface area (TPSA) is 24.4 Å². The smallest absolute Gasteiger partial charge is 0.161 e. The van der Waals surface area contributed by atoms with Gasteiger partial charge in [-0.1, -0.05) is 25.6 Å². The number of benzene rings is 1. The number of nitrogens with one attached hydrogen (secondary N) is 1. The van der Waals surface area contributed by atoms with E-state index in [1.165, 1.54) is 6.07 Å². The standard InChI is InChI=1S/C12H14BrFN2S/c1-7(2)11-6-17-12(16-11)15-8-3-4-9(13)10(14)5-8/h3-5,7,11H,6H2,1-2H3,(H,15,16)/t11-/m1/s1. The quantitative estimate of drug-likeness (QED) is 0.887. The second-order valence-electron chi connectivity index (χ2n) is 4.31. The molecule has 1 aliphatic heterocycles. The van der Waals surface area contributed by atoms with Crippen molar-refractivity contribution < 1.29 is 4.39 Å². The molecule has 17 heavy (non-hydrogen) atoms. The second kappa shape index (κ2) is 5.40. The van der Waals surface area contributed by atoms with Gasteiger partial charge in [0.05, 0.1) is 10.5 Å². The lowest BCUT2D eigenvalue weighted by atomic mass is 10.1. The molecule has 1 aromatic carbocycles. The van der Waals surface area contributed by atoms with Crippen molar-refractivity contribution >= 4 is 38.5 Å². The van der Waals surface area contributed by atoms with Gasteiger partial charge < -0.3 is 5.32 Å². The van der Waals surface area contributed by atoms with Gasteiger partial charge in [-0.2, -0.15) is 0 Å². The van der Waals surface area contributed by atoms with Crippen molar-refractivity contribution in [3.63, 3.8) is 0 Å². The van der Waals surface area contributed by atoms with Crippen LogP contribution in [0.3, 0.4) is 0 Å². The van der Waals surface area contributed by atoms with E-state index in [9.17, 15) is 4.39 Å². The van der Waals surface area contributed by atoms with Gasteiger partial charge >= 0.3 is 0 Å². The lowest BCUT2D eigenvalue weighted by Crippen LogP contribution is -2.12. The zero-order valence-electron chi connectivity index (χ0n) is 9.71. The summed E-state index contributed by atoms with van der Waals surface area (Å²) in [5.74, 6) is 1.28. The lowest BCUT2D eigenvalue weighted by Gasteiger charge is -2.08. The van der Waals surface area contributed by atoms with Crippen molar-refractivity contribution in [3.05, 3.63) is 28.5 Å². The first-order valence-corrected chi connectivity index (χ1v) is 7.27. The number of amidine groups is 1. The molecule has 92 valence electrons. The van der Waals surface area contributed by atoms with Crippen molar-refractivity contribution in [2.75, 3.05) is 11.1 Å².